The van der Waals surface area contributed by atoms with E-state index in [0.29, 0.717) is 0 Å². The lowest BCUT2D eigenvalue weighted by Crippen LogP contribution is -2.28. The molecule has 98 valence electrons. The molecule has 0 spiro atoms. The Kier molecular flexibility index (Phi) is 3.96. The molecular formula is C16H24N2. The molecule has 0 radical (unpaired) electrons. The molecule has 0 amide bonds. The van der Waals surface area contributed by atoms with Crippen LogP contribution in [0.2, 0.25) is 0 Å². The monoisotopic (exact) mass is 244 g/mol. The number of hydrogen-bond donors (Lipinski definition) is 1. The van der Waals surface area contributed by atoms with Crippen LogP contribution in [0.25, 0.3) is 0 Å². The molecule has 2 aliphatic heterocycles. The number of fused-ring (bicyclic) bond motifs is 1. The van der Waals surface area contributed by atoms with Crippen LogP contribution < -0.4 is 5.32 Å². The molecule has 1 N–H and O–H groups in total. The number of piperidine rings is 1. The molecule has 18 heavy (non-hydrogen) atoms. The van der Waals surface area contributed by atoms with Crippen molar-refractivity contribution in [3.05, 3.63) is 35.4 Å². The van der Waals surface area contributed by atoms with E-state index >= 15 is 0 Å². The van der Waals surface area contributed by atoms with Crippen molar-refractivity contribution in [1.29, 1.82) is 0 Å². The maximum atomic E-state index is 3.45. The summed E-state index contributed by atoms with van der Waals surface area (Å²) in [7, 11) is 0. The Hall–Kier alpha value is -0.860. The minimum absolute atomic E-state index is 0.983. The smallest absolute Gasteiger partial charge is 0.0240 e. The molecule has 2 heterocycles. The lowest BCUT2D eigenvalue weighted by Gasteiger charge is -2.23. The minimum atomic E-state index is 0.983. The largest absolute Gasteiger partial charge is 0.317 e. The number of benzene rings is 1. The molecule has 1 fully saturated rings. The summed E-state index contributed by atoms with van der Waals surface area (Å²) in [5.74, 6) is 0.983. The first kappa shape index (κ1) is 12.2. The second kappa shape index (κ2) is 5.85. The normalized spacial score (nSPS) is 21.1. The lowest BCUT2D eigenvalue weighted by atomic mass is 9.93. The van der Waals surface area contributed by atoms with Crippen LogP contribution in [0.4, 0.5) is 0 Å². The molecule has 1 saturated heterocycles. The van der Waals surface area contributed by atoms with Gasteiger partial charge in [-0.15, -0.1) is 0 Å². The molecule has 2 heteroatoms. The summed E-state index contributed by atoms with van der Waals surface area (Å²) in [6, 6.07) is 8.89. The Labute approximate surface area is 110 Å². The Morgan fingerprint density at radius 1 is 1.06 bits per heavy atom. The van der Waals surface area contributed by atoms with Gasteiger partial charge in [0.1, 0.15) is 0 Å². The van der Waals surface area contributed by atoms with E-state index < -0.39 is 0 Å². The van der Waals surface area contributed by atoms with Gasteiger partial charge in [0.2, 0.25) is 0 Å². The van der Waals surface area contributed by atoms with Gasteiger partial charge in [0.15, 0.2) is 0 Å². The summed E-state index contributed by atoms with van der Waals surface area (Å²) in [6.07, 6.45) is 5.58. The third-order valence-corrected chi connectivity index (χ3v) is 4.45. The third-order valence-electron chi connectivity index (χ3n) is 4.45. The van der Waals surface area contributed by atoms with Crippen LogP contribution in [-0.4, -0.2) is 24.5 Å². The highest BCUT2D eigenvalue weighted by Crippen LogP contribution is 2.23. The Bertz CT molecular complexity index is 357. The predicted octanol–water partition coefficient (Wildman–Crippen LogP) is 2.78. The van der Waals surface area contributed by atoms with Crippen LogP contribution in [-0.2, 0) is 13.1 Å². The molecule has 0 atom stereocenters. The van der Waals surface area contributed by atoms with E-state index in [2.05, 4.69) is 34.5 Å². The highest BCUT2D eigenvalue weighted by atomic mass is 15.1. The van der Waals surface area contributed by atoms with Gasteiger partial charge >= 0.3 is 0 Å². The first-order valence-electron chi connectivity index (χ1n) is 7.41. The van der Waals surface area contributed by atoms with Crippen molar-refractivity contribution in [3.63, 3.8) is 0 Å². The molecule has 0 bridgehead atoms. The van der Waals surface area contributed by atoms with Crippen molar-refractivity contribution in [2.45, 2.75) is 38.8 Å². The fourth-order valence-corrected chi connectivity index (χ4v) is 3.34. The molecule has 2 aliphatic rings. The quantitative estimate of drug-likeness (QED) is 0.876. The summed E-state index contributed by atoms with van der Waals surface area (Å²) in [6.45, 7) is 6.09. The second-order valence-corrected chi connectivity index (χ2v) is 5.81. The standard InChI is InChI=1S/C16H24N2/c1-2-6-16-13-18(12-15(16)5-1)11-3-4-14-7-9-17-10-8-14/h1-2,5-6,14,17H,3-4,7-13H2. The average molecular weight is 244 g/mol. The van der Waals surface area contributed by atoms with E-state index in [1.54, 1.807) is 11.1 Å². The maximum Gasteiger partial charge on any atom is 0.0240 e. The summed E-state index contributed by atoms with van der Waals surface area (Å²) in [4.78, 5) is 2.60. The predicted molar refractivity (Wildman–Crippen MR) is 75.4 cm³/mol. The second-order valence-electron chi connectivity index (χ2n) is 5.81. The van der Waals surface area contributed by atoms with Crippen molar-refractivity contribution < 1.29 is 0 Å². The van der Waals surface area contributed by atoms with Crippen molar-refractivity contribution in [2.24, 2.45) is 5.92 Å². The molecule has 0 aromatic heterocycles. The van der Waals surface area contributed by atoms with Gasteiger partial charge in [-0.25, -0.2) is 0 Å². The van der Waals surface area contributed by atoms with Crippen LogP contribution in [0.3, 0.4) is 0 Å². The number of nitrogens with one attached hydrogen (secondary N) is 1. The van der Waals surface area contributed by atoms with E-state index in [0.717, 1.165) is 5.92 Å². The Morgan fingerprint density at radius 3 is 2.39 bits per heavy atom. The molecule has 0 unspecified atom stereocenters. The molecule has 3 rings (SSSR count). The van der Waals surface area contributed by atoms with Gasteiger partial charge in [-0.1, -0.05) is 24.3 Å². The van der Waals surface area contributed by atoms with Gasteiger partial charge in [-0.2, -0.15) is 0 Å². The zero-order valence-corrected chi connectivity index (χ0v) is 11.2. The molecular weight excluding hydrogens is 220 g/mol. The fourth-order valence-electron chi connectivity index (χ4n) is 3.34. The number of nitrogens with zero attached hydrogens (tertiary/aromatic N) is 1. The van der Waals surface area contributed by atoms with Crippen LogP contribution in [0, 0.1) is 5.92 Å². The van der Waals surface area contributed by atoms with Crippen molar-refractivity contribution in [2.75, 3.05) is 19.6 Å². The molecule has 1 aromatic carbocycles. The van der Waals surface area contributed by atoms with Crippen molar-refractivity contribution in [3.8, 4) is 0 Å². The van der Waals surface area contributed by atoms with Gasteiger partial charge in [0.25, 0.3) is 0 Å². The van der Waals surface area contributed by atoms with E-state index in [1.807, 2.05) is 0 Å². The van der Waals surface area contributed by atoms with Crippen LogP contribution >= 0.6 is 0 Å². The van der Waals surface area contributed by atoms with Crippen molar-refractivity contribution in [1.82, 2.24) is 10.2 Å². The first-order valence-corrected chi connectivity index (χ1v) is 7.41. The molecule has 2 nitrogen and oxygen atoms in total. The molecule has 0 saturated carbocycles. The van der Waals surface area contributed by atoms with Gasteiger partial charge in [0, 0.05) is 13.1 Å². The number of rotatable bonds is 4. The van der Waals surface area contributed by atoms with Gasteiger partial charge in [0.05, 0.1) is 0 Å². The summed E-state index contributed by atoms with van der Waals surface area (Å²) in [5, 5.41) is 3.45. The fraction of sp³-hybridized carbons (Fsp3) is 0.625. The summed E-state index contributed by atoms with van der Waals surface area (Å²) < 4.78 is 0. The zero-order chi connectivity index (χ0) is 12.2. The van der Waals surface area contributed by atoms with Crippen LogP contribution in [0.5, 0.6) is 0 Å². The highest BCUT2D eigenvalue weighted by Gasteiger charge is 2.18. The topological polar surface area (TPSA) is 15.3 Å². The van der Waals surface area contributed by atoms with Crippen LogP contribution in [0.1, 0.15) is 36.8 Å². The van der Waals surface area contributed by atoms with Gasteiger partial charge < -0.3 is 5.32 Å². The zero-order valence-electron chi connectivity index (χ0n) is 11.2. The lowest BCUT2D eigenvalue weighted by molar-refractivity contribution is 0.258. The highest BCUT2D eigenvalue weighted by molar-refractivity contribution is 5.30. The van der Waals surface area contributed by atoms with Crippen LogP contribution in [0.15, 0.2) is 24.3 Å². The Balaban J connectivity index is 1.40. The average Bonchev–Trinajstić information content (AvgIpc) is 2.82. The van der Waals surface area contributed by atoms with E-state index in [1.165, 1.54) is 58.4 Å². The molecule has 0 aliphatic carbocycles. The Morgan fingerprint density at radius 2 is 1.72 bits per heavy atom. The SMILES string of the molecule is c1ccc2c(c1)CN(CCCC1CCNCC1)C2. The van der Waals surface area contributed by atoms with Gasteiger partial charge in [-0.05, 0) is 62.4 Å². The van der Waals surface area contributed by atoms with E-state index in [4.69, 9.17) is 0 Å². The van der Waals surface area contributed by atoms with Crippen molar-refractivity contribution >= 4 is 0 Å². The molecule has 1 aromatic rings. The van der Waals surface area contributed by atoms with E-state index in [9.17, 15) is 0 Å². The van der Waals surface area contributed by atoms with E-state index in [-0.39, 0.29) is 0 Å². The van der Waals surface area contributed by atoms with Gasteiger partial charge in [-0.3, -0.25) is 4.90 Å². The third kappa shape index (κ3) is 2.93. The minimum Gasteiger partial charge on any atom is -0.317 e. The summed E-state index contributed by atoms with van der Waals surface area (Å²) >= 11 is 0. The first-order chi connectivity index (χ1) is 8.92. The summed E-state index contributed by atoms with van der Waals surface area (Å²) in [5.41, 5.74) is 3.08. The maximum absolute atomic E-state index is 3.45. The number of hydrogen-bond acceptors (Lipinski definition) is 2.